The zero-order valence-corrected chi connectivity index (χ0v) is 17.2. The Morgan fingerprint density at radius 2 is 1.52 bits per heavy atom. The third-order valence-electron chi connectivity index (χ3n) is 5.81. The third-order valence-corrected chi connectivity index (χ3v) is 5.81. The Kier molecular flexibility index (Phi) is 6.41. The molecule has 0 aliphatic carbocycles. The number of carbonyl (C=O) groups is 2. The van der Waals surface area contributed by atoms with Crippen LogP contribution >= 0.6 is 0 Å². The molecule has 0 aromatic heterocycles. The number of carbonyl (C=O) groups excluding carboxylic acids is 2. The van der Waals surface area contributed by atoms with Crippen LogP contribution in [0.2, 0.25) is 0 Å². The predicted octanol–water partition coefficient (Wildman–Crippen LogP) is 4.74. The quantitative estimate of drug-likeness (QED) is 0.653. The van der Waals surface area contributed by atoms with Crippen molar-refractivity contribution in [3.05, 3.63) is 107 Å². The Labute approximate surface area is 181 Å². The highest BCUT2D eigenvalue weighted by molar-refractivity contribution is 5.95. The van der Waals surface area contributed by atoms with Gasteiger partial charge in [0.1, 0.15) is 5.82 Å². The molecule has 2 amide bonds. The van der Waals surface area contributed by atoms with E-state index in [-0.39, 0.29) is 35.9 Å². The number of likely N-dealkylation sites (tertiary alicyclic amines) is 1. The van der Waals surface area contributed by atoms with Crippen molar-refractivity contribution < 1.29 is 14.0 Å². The number of hydrogen-bond acceptors (Lipinski definition) is 2. The molecule has 158 valence electrons. The summed E-state index contributed by atoms with van der Waals surface area (Å²) in [6.07, 6.45) is 1.31. The first-order valence-corrected chi connectivity index (χ1v) is 10.6. The molecule has 0 spiro atoms. The Morgan fingerprint density at radius 3 is 2.23 bits per heavy atom. The monoisotopic (exact) mass is 416 g/mol. The number of benzene rings is 3. The highest BCUT2D eigenvalue weighted by atomic mass is 19.1. The van der Waals surface area contributed by atoms with Crippen LogP contribution in [0.15, 0.2) is 84.9 Å². The van der Waals surface area contributed by atoms with Gasteiger partial charge in [-0.1, -0.05) is 72.8 Å². The number of nitrogens with one attached hydrogen (secondary N) is 1. The van der Waals surface area contributed by atoms with E-state index in [4.69, 9.17) is 0 Å². The maximum Gasteiger partial charge on any atom is 0.257 e. The Balaban J connectivity index is 1.54. The van der Waals surface area contributed by atoms with Gasteiger partial charge in [0.25, 0.3) is 5.91 Å². The van der Waals surface area contributed by atoms with E-state index >= 15 is 0 Å². The van der Waals surface area contributed by atoms with Gasteiger partial charge < -0.3 is 10.2 Å². The molecule has 0 bridgehead atoms. The van der Waals surface area contributed by atoms with Gasteiger partial charge >= 0.3 is 0 Å². The minimum atomic E-state index is -0.546. The molecule has 4 nitrogen and oxygen atoms in total. The van der Waals surface area contributed by atoms with E-state index in [1.54, 1.807) is 17.0 Å². The maximum atomic E-state index is 14.4. The Hall–Kier alpha value is -3.47. The summed E-state index contributed by atoms with van der Waals surface area (Å²) in [7, 11) is 0. The minimum absolute atomic E-state index is 0.0359. The Bertz CT molecular complexity index is 1040. The molecule has 0 radical (unpaired) electrons. The fourth-order valence-corrected chi connectivity index (χ4v) is 4.15. The fourth-order valence-electron chi connectivity index (χ4n) is 4.15. The predicted molar refractivity (Wildman–Crippen MR) is 118 cm³/mol. The Morgan fingerprint density at radius 1 is 0.871 bits per heavy atom. The van der Waals surface area contributed by atoms with Gasteiger partial charge in [0.2, 0.25) is 5.91 Å². The summed E-state index contributed by atoms with van der Waals surface area (Å²) >= 11 is 0. The molecular weight excluding hydrogens is 391 g/mol. The zero-order chi connectivity index (χ0) is 21.6. The standard InChI is InChI=1S/C26H25FN2O2/c27-23-14-8-7-13-22(23)26(31)29-18-21(15-16-24(29)20-11-5-2-6-12-20)25(30)28-17-19-9-3-1-4-10-19/h1-14,21,24H,15-18H2,(H,28,30)/t21-,24-/m1/s1. The van der Waals surface area contributed by atoms with E-state index < -0.39 is 5.82 Å². The first-order chi connectivity index (χ1) is 15.1. The molecule has 0 saturated carbocycles. The van der Waals surface area contributed by atoms with Crippen molar-refractivity contribution in [2.24, 2.45) is 5.92 Å². The molecule has 2 atom stereocenters. The summed E-state index contributed by atoms with van der Waals surface area (Å²) in [5, 5.41) is 2.98. The second-order valence-electron chi connectivity index (χ2n) is 7.84. The van der Waals surface area contributed by atoms with Crippen molar-refractivity contribution in [3.8, 4) is 0 Å². The molecule has 5 heteroatoms. The number of nitrogens with zero attached hydrogens (tertiary/aromatic N) is 1. The van der Waals surface area contributed by atoms with Crippen LogP contribution in [0.1, 0.15) is 40.4 Å². The molecular formula is C26H25FN2O2. The molecule has 1 N–H and O–H groups in total. The second kappa shape index (κ2) is 9.56. The SMILES string of the molecule is O=C(NCc1ccccc1)[C@@H]1CC[C@H](c2ccccc2)N(C(=O)c2ccccc2F)C1. The molecule has 3 aromatic carbocycles. The summed E-state index contributed by atoms with van der Waals surface area (Å²) in [5.41, 5.74) is 2.05. The largest absolute Gasteiger partial charge is 0.352 e. The third kappa shape index (κ3) is 4.82. The van der Waals surface area contributed by atoms with E-state index in [0.29, 0.717) is 19.4 Å². The van der Waals surface area contributed by atoms with Gasteiger partial charge in [0.05, 0.1) is 17.5 Å². The topological polar surface area (TPSA) is 49.4 Å². The van der Waals surface area contributed by atoms with Crippen LogP contribution in [-0.2, 0) is 11.3 Å². The van der Waals surface area contributed by atoms with Crippen molar-refractivity contribution in [1.29, 1.82) is 0 Å². The van der Waals surface area contributed by atoms with E-state index in [2.05, 4.69) is 5.32 Å². The first kappa shape index (κ1) is 20.8. The summed E-state index contributed by atoms with van der Waals surface area (Å²) < 4.78 is 14.4. The number of amides is 2. The highest BCUT2D eigenvalue weighted by Crippen LogP contribution is 2.35. The van der Waals surface area contributed by atoms with Crippen LogP contribution < -0.4 is 5.32 Å². The van der Waals surface area contributed by atoms with Crippen molar-refractivity contribution in [1.82, 2.24) is 10.2 Å². The van der Waals surface area contributed by atoms with Gasteiger partial charge in [-0.25, -0.2) is 4.39 Å². The van der Waals surface area contributed by atoms with Crippen molar-refractivity contribution >= 4 is 11.8 Å². The van der Waals surface area contributed by atoms with E-state index in [1.165, 1.54) is 12.1 Å². The van der Waals surface area contributed by atoms with Crippen molar-refractivity contribution in [2.45, 2.75) is 25.4 Å². The summed E-state index contributed by atoms with van der Waals surface area (Å²) in [6.45, 7) is 0.701. The summed E-state index contributed by atoms with van der Waals surface area (Å²) in [4.78, 5) is 27.8. The average molecular weight is 416 g/mol. The molecule has 3 aromatic rings. The van der Waals surface area contributed by atoms with Crippen molar-refractivity contribution in [2.75, 3.05) is 6.54 Å². The van der Waals surface area contributed by atoms with Gasteiger partial charge in [-0.2, -0.15) is 0 Å². The lowest BCUT2D eigenvalue weighted by atomic mass is 9.87. The second-order valence-corrected chi connectivity index (χ2v) is 7.84. The van der Waals surface area contributed by atoms with Gasteiger partial charge in [-0.3, -0.25) is 9.59 Å². The lowest BCUT2D eigenvalue weighted by Gasteiger charge is -2.39. The molecule has 1 fully saturated rings. The summed E-state index contributed by atoms with van der Waals surface area (Å²) in [6, 6.07) is 25.3. The lowest BCUT2D eigenvalue weighted by Crippen LogP contribution is -2.47. The number of hydrogen-bond donors (Lipinski definition) is 1. The first-order valence-electron chi connectivity index (χ1n) is 10.6. The molecule has 1 heterocycles. The molecule has 31 heavy (non-hydrogen) atoms. The molecule has 0 unspecified atom stereocenters. The van der Waals surface area contributed by atoms with E-state index in [9.17, 15) is 14.0 Å². The molecule has 1 aliphatic rings. The van der Waals surface area contributed by atoms with Gasteiger partial charge in [0.15, 0.2) is 0 Å². The zero-order valence-electron chi connectivity index (χ0n) is 17.2. The normalized spacial score (nSPS) is 18.4. The lowest BCUT2D eigenvalue weighted by molar-refractivity contribution is -0.127. The summed E-state index contributed by atoms with van der Waals surface area (Å²) in [5.74, 6) is -1.34. The van der Waals surface area contributed by atoms with Gasteiger partial charge in [-0.15, -0.1) is 0 Å². The smallest absolute Gasteiger partial charge is 0.257 e. The van der Waals surface area contributed by atoms with E-state index in [1.807, 2.05) is 60.7 Å². The van der Waals surface area contributed by atoms with Crippen LogP contribution in [0.25, 0.3) is 0 Å². The molecule has 4 rings (SSSR count). The fraction of sp³-hybridized carbons (Fsp3) is 0.231. The van der Waals surface area contributed by atoms with Crippen LogP contribution in [0.4, 0.5) is 4.39 Å². The number of halogens is 1. The maximum absolute atomic E-state index is 14.4. The van der Waals surface area contributed by atoms with Crippen LogP contribution in [0.5, 0.6) is 0 Å². The molecule has 1 saturated heterocycles. The highest BCUT2D eigenvalue weighted by Gasteiger charge is 2.36. The van der Waals surface area contributed by atoms with E-state index in [0.717, 1.165) is 11.1 Å². The van der Waals surface area contributed by atoms with Gasteiger partial charge in [-0.05, 0) is 36.1 Å². The minimum Gasteiger partial charge on any atom is -0.352 e. The average Bonchev–Trinajstić information content (AvgIpc) is 2.83. The van der Waals surface area contributed by atoms with Crippen molar-refractivity contribution in [3.63, 3.8) is 0 Å². The van der Waals surface area contributed by atoms with Crippen LogP contribution in [0.3, 0.4) is 0 Å². The van der Waals surface area contributed by atoms with Gasteiger partial charge in [0, 0.05) is 13.1 Å². The number of piperidine rings is 1. The van der Waals surface area contributed by atoms with Crippen LogP contribution in [0, 0.1) is 11.7 Å². The van der Waals surface area contributed by atoms with Crippen LogP contribution in [-0.4, -0.2) is 23.3 Å². The molecule has 1 aliphatic heterocycles. The number of rotatable bonds is 5.